The van der Waals surface area contributed by atoms with E-state index in [4.69, 9.17) is 4.18 Å². The van der Waals surface area contributed by atoms with E-state index in [1.165, 1.54) is 6.07 Å². The van der Waals surface area contributed by atoms with E-state index in [1.807, 2.05) is 6.07 Å². The van der Waals surface area contributed by atoms with E-state index in [0.29, 0.717) is 18.5 Å². The molecule has 7 heteroatoms. The van der Waals surface area contributed by atoms with Crippen LogP contribution in [0.1, 0.15) is 12.0 Å². The Morgan fingerprint density at radius 2 is 1.91 bits per heavy atom. The smallest absolute Gasteiger partial charge is 0.339 e. The average Bonchev–Trinajstić information content (AvgIpc) is 2.46. The van der Waals surface area contributed by atoms with Crippen LogP contribution in [0.4, 0.5) is 5.69 Å². The van der Waals surface area contributed by atoms with Crippen LogP contribution < -0.4 is 9.50 Å². The van der Waals surface area contributed by atoms with Gasteiger partial charge in [-0.15, -0.1) is 0 Å². The van der Waals surface area contributed by atoms with Crippen molar-refractivity contribution in [1.82, 2.24) is 0 Å². The van der Waals surface area contributed by atoms with Crippen LogP contribution >= 0.6 is 22.6 Å². The number of benzene rings is 2. The molecule has 0 aliphatic carbocycles. The van der Waals surface area contributed by atoms with E-state index in [1.54, 1.807) is 30.3 Å². The maximum Gasteiger partial charge on any atom is 0.339 e. The third-order valence-corrected chi connectivity index (χ3v) is 5.18. The number of rotatable bonds is 3. The highest BCUT2D eigenvalue weighted by atomic mass is 127. The highest BCUT2D eigenvalue weighted by Gasteiger charge is 2.21. The van der Waals surface area contributed by atoms with Crippen LogP contribution in [-0.4, -0.2) is 14.3 Å². The minimum Gasteiger partial charge on any atom is -0.379 e. The predicted octanol–water partition coefficient (Wildman–Crippen LogP) is 2.94. The Hall–Kier alpha value is -1.61. The highest BCUT2D eigenvalue weighted by molar-refractivity contribution is 14.1. The lowest BCUT2D eigenvalue weighted by atomic mass is 10.0. The molecule has 0 spiro atoms. The van der Waals surface area contributed by atoms with Crippen LogP contribution in [0.25, 0.3) is 0 Å². The van der Waals surface area contributed by atoms with Gasteiger partial charge in [-0.05, 0) is 71.0 Å². The van der Waals surface area contributed by atoms with Gasteiger partial charge >= 0.3 is 10.1 Å². The van der Waals surface area contributed by atoms with E-state index >= 15 is 0 Å². The van der Waals surface area contributed by atoms with Gasteiger partial charge in [0.1, 0.15) is 10.6 Å². The Morgan fingerprint density at radius 1 is 1.09 bits per heavy atom. The second-order valence-electron chi connectivity index (χ2n) is 4.86. The van der Waals surface area contributed by atoms with Crippen molar-refractivity contribution in [3.63, 3.8) is 0 Å². The van der Waals surface area contributed by atoms with Crippen molar-refractivity contribution < 1.29 is 17.4 Å². The predicted molar refractivity (Wildman–Crippen MR) is 90.4 cm³/mol. The van der Waals surface area contributed by atoms with E-state index in [2.05, 4.69) is 27.9 Å². The third-order valence-electron chi connectivity index (χ3n) is 3.26. The first-order valence-electron chi connectivity index (χ1n) is 6.57. The SMILES string of the molecule is O=C1CCc2cc(S(=O)(=O)Oc3cccc(I)c3)ccc2N1. The van der Waals surface area contributed by atoms with Gasteiger partial charge in [-0.1, -0.05) is 6.07 Å². The van der Waals surface area contributed by atoms with Crippen molar-refractivity contribution in [3.05, 3.63) is 51.6 Å². The van der Waals surface area contributed by atoms with Crippen molar-refractivity contribution in [1.29, 1.82) is 0 Å². The lowest BCUT2D eigenvalue weighted by molar-refractivity contribution is -0.116. The monoisotopic (exact) mass is 429 g/mol. The van der Waals surface area contributed by atoms with Gasteiger partial charge in [0.2, 0.25) is 5.91 Å². The molecule has 22 heavy (non-hydrogen) atoms. The topological polar surface area (TPSA) is 72.5 Å². The van der Waals surface area contributed by atoms with Crippen molar-refractivity contribution in [2.75, 3.05) is 5.32 Å². The molecule has 0 saturated carbocycles. The molecule has 1 N–H and O–H groups in total. The fourth-order valence-electron chi connectivity index (χ4n) is 2.21. The average molecular weight is 429 g/mol. The van der Waals surface area contributed by atoms with Crippen molar-refractivity contribution in [2.45, 2.75) is 17.7 Å². The molecule has 1 heterocycles. The van der Waals surface area contributed by atoms with Crippen molar-refractivity contribution in [3.8, 4) is 5.75 Å². The number of hydrogen-bond donors (Lipinski definition) is 1. The molecular weight excluding hydrogens is 417 g/mol. The Kier molecular flexibility index (Phi) is 4.09. The molecular formula is C15H12INO4S. The molecule has 0 unspecified atom stereocenters. The zero-order valence-corrected chi connectivity index (χ0v) is 14.3. The van der Waals surface area contributed by atoms with Crippen molar-refractivity contribution >= 4 is 44.3 Å². The van der Waals surface area contributed by atoms with Crippen LogP contribution in [-0.2, 0) is 21.3 Å². The summed E-state index contributed by atoms with van der Waals surface area (Å²) in [5, 5.41) is 2.72. The molecule has 1 aliphatic heterocycles. The maximum absolute atomic E-state index is 12.4. The standard InChI is InChI=1S/C15H12INO4S/c16-11-2-1-3-12(9-11)21-22(19,20)13-5-6-14-10(8-13)4-7-15(18)17-14/h1-3,5-6,8-9H,4,7H2,(H,17,18). The van der Waals surface area contributed by atoms with E-state index in [9.17, 15) is 13.2 Å². The second kappa shape index (κ2) is 5.88. The van der Waals surface area contributed by atoms with Gasteiger partial charge in [0.25, 0.3) is 0 Å². The molecule has 0 fully saturated rings. The fraction of sp³-hybridized carbons (Fsp3) is 0.133. The lowest BCUT2D eigenvalue weighted by Gasteiger charge is -2.17. The molecule has 0 bridgehead atoms. The van der Waals surface area contributed by atoms with Gasteiger partial charge in [0, 0.05) is 15.7 Å². The summed E-state index contributed by atoms with van der Waals surface area (Å²) in [6.07, 6.45) is 0.877. The lowest BCUT2D eigenvalue weighted by Crippen LogP contribution is -2.19. The summed E-state index contributed by atoms with van der Waals surface area (Å²) in [5.41, 5.74) is 1.45. The third kappa shape index (κ3) is 3.25. The van der Waals surface area contributed by atoms with Gasteiger partial charge in [0.05, 0.1) is 0 Å². The number of hydrogen-bond acceptors (Lipinski definition) is 4. The highest BCUT2D eigenvalue weighted by Crippen LogP contribution is 2.27. The van der Waals surface area contributed by atoms with Crippen molar-refractivity contribution in [2.24, 2.45) is 0 Å². The zero-order chi connectivity index (χ0) is 15.7. The number of carbonyl (C=O) groups excluding carboxylic acids is 1. The molecule has 0 saturated heterocycles. The largest absolute Gasteiger partial charge is 0.379 e. The Morgan fingerprint density at radius 3 is 2.68 bits per heavy atom. The second-order valence-corrected chi connectivity index (χ2v) is 7.65. The minimum atomic E-state index is -3.89. The summed E-state index contributed by atoms with van der Waals surface area (Å²) >= 11 is 2.09. The molecule has 0 aromatic heterocycles. The molecule has 5 nitrogen and oxygen atoms in total. The molecule has 0 atom stereocenters. The van der Waals surface area contributed by atoms with E-state index in [-0.39, 0.29) is 16.6 Å². The summed E-state index contributed by atoms with van der Waals surface area (Å²) in [7, 11) is -3.89. The number of amides is 1. The zero-order valence-electron chi connectivity index (χ0n) is 11.4. The Labute approximate surface area is 141 Å². The van der Waals surface area contributed by atoms with Crippen LogP contribution in [0.5, 0.6) is 5.75 Å². The summed E-state index contributed by atoms with van der Waals surface area (Å²) in [6.45, 7) is 0. The van der Waals surface area contributed by atoms with Crippen LogP contribution in [0, 0.1) is 3.57 Å². The first kappa shape index (κ1) is 15.3. The quantitative estimate of drug-likeness (QED) is 0.602. The first-order valence-corrected chi connectivity index (χ1v) is 9.05. The Bertz CT molecular complexity index is 848. The number of aryl methyl sites for hydroxylation is 1. The summed E-state index contributed by atoms with van der Waals surface area (Å²) < 4.78 is 30.8. The molecule has 2 aromatic rings. The van der Waals surface area contributed by atoms with Gasteiger partial charge in [-0.25, -0.2) is 0 Å². The molecule has 3 rings (SSSR count). The van der Waals surface area contributed by atoms with Gasteiger partial charge in [-0.3, -0.25) is 4.79 Å². The van der Waals surface area contributed by atoms with Gasteiger partial charge in [-0.2, -0.15) is 8.42 Å². The normalized spacial score (nSPS) is 14.1. The molecule has 114 valence electrons. The van der Waals surface area contributed by atoms with Gasteiger partial charge in [0.15, 0.2) is 0 Å². The number of halogens is 1. The van der Waals surface area contributed by atoms with Gasteiger partial charge < -0.3 is 9.50 Å². The van der Waals surface area contributed by atoms with Crippen LogP contribution in [0.2, 0.25) is 0 Å². The summed E-state index contributed by atoms with van der Waals surface area (Å²) in [4.78, 5) is 11.4. The Balaban J connectivity index is 1.91. The number of anilines is 1. The number of carbonyl (C=O) groups is 1. The molecule has 1 aliphatic rings. The fourth-order valence-corrected chi connectivity index (χ4v) is 3.70. The van der Waals surface area contributed by atoms with E-state index in [0.717, 1.165) is 9.13 Å². The summed E-state index contributed by atoms with van der Waals surface area (Å²) in [6, 6.07) is 11.4. The maximum atomic E-state index is 12.4. The van der Waals surface area contributed by atoms with Crippen LogP contribution in [0.3, 0.4) is 0 Å². The molecule has 0 radical (unpaired) electrons. The molecule has 2 aromatic carbocycles. The number of nitrogens with one attached hydrogen (secondary N) is 1. The summed E-state index contributed by atoms with van der Waals surface area (Å²) in [5.74, 6) is 0.219. The number of fused-ring (bicyclic) bond motifs is 1. The van der Waals surface area contributed by atoms with E-state index < -0.39 is 10.1 Å². The molecule has 1 amide bonds. The minimum absolute atomic E-state index is 0.0572. The first-order chi connectivity index (χ1) is 10.4. The van der Waals surface area contributed by atoms with Crippen LogP contribution in [0.15, 0.2) is 47.4 Å².